The molecule has 2 aromatic rings. The predicted molar refractivity (Wildman–Crippen MR) is 103 cm³/mol. The van der Waals surface area contributed by atoms with Crippen molar-refractivity contribution in [1.82, 2.24) is 0 Å². The van der Waals surface area contributed by atoms with E-state index in [1.54, 1.807) is 36.4 Å². The van der Waals surface area contributed by atoms with E-state index in [0.717, 1.165) is 5.69 Å². The molecule has 4 N–H and O–H groups in total. The molecule has 0 radical (unpaired) electrons. The fourth-order valence-corrected chi connectivity index (χ4v) is 2.95. The number of nitrogens with zero attached hydrogens (tertiary/aromatic N) is 1. The number of nitrogens with one attached hydrogen (secondary N) is 1. The van der Waals surface area contributed by atoms with E-state index in [4.69, 9.17) is 15.7 Å². The molecule has 0 saturated heterocycles. The zero-order chi connectivity index (χ0) is 19.8. The summed E-state index contributed by atoms with van der Waals surface area (Å²) < 4.78 is 4.46. The van der Waals surface area contributed by atoms with E-state index in [-0.39, 0.29) is 24.6 Å². The van der Waals surface area contributed by atoms with Gasteiger partial charge in [-0.3, -0.25) is 15.1 Å². The average Bonchev–Trinajstić information content (AvgIpc) is 2.67. The minimum atomic E-state index is -1.76. The van der Waals surface area contributed by atoms with Gasteiger partial charge in [0.2, 0.25) is 8.53 Å². The summed E-state index contributed by atoms with van der Waals surface area (Å²) in [6.45, 7) is 2.89. The van der Waals surface area contributed by atoms with Crippen molar-refractivity contribution in [2.45, 2.75) is 13.3 Å². The van der Waals surface area contributed by atoms with Gasteiger partial charge in [0, 0.05) is 28.9 Å². The van der Waals surface area contributed by atoms with Gasteiger partial charge in [-0.05, 0) is 13.0 Å². The molecule has 0 amide bonds. The molecule has 1 aliphatic carbocycles. The molecule has 0 aromatic heterocycles. The third-order valence-corrected chi connectivity index (χ3v) is 4.20. The highest BCUT2D eigenvalue weighted by atomic mass is 31.2. The van der Waals surface area contributed by atoms with Crippen molar-refractivity contribution in [1.29, 1.82) is 5.26 Å². The van der Waals surface area contributed by atoms with Crippen molar-refractivity contribution in [3.63, 3.8) is 0 Å². The highest BCUT2D eigenvalue weighted by molar-refractivity contribution is 7.43. The predicted octanol–water partition coefficient (Wildman–Crippen LogP) is 2.99. The van der Waals surface area contributed by atoms with Crippen LogP contribution in [0.2, 0.25) is 0 Å². The van der Waals surface area contributed by atoms with Crippen molar-refractivity contribution in [3.05, 3.63) is 64.7 Å². The van der Waals surface area contributed by atoms with Crippen molar-refractivity contribution in [3.8, 4) is 6.07 Å². The first kappa shape index (κ1) is 20.7. The fourth-order valence-electron chi connectivity index (χ4n) is 2.67. The number of nitriles is 1. The van der Waals surface area contributed by atoms with Crippen LogP contribution in [-0.2, 0) is 4.52 Å². The van der Waals surface area contributed by atoms with Crippen LogP contribution < -0.4 is 10.8 Å². The van der Waals surface area contributed by atoms with Crippen LogP contribution in [0.1, 0.15) is 45.2 Å². The Morgan fingerprint density at radius 2 is 1.74 bits per heavy atom. The van der Waals surface area contributed by atoms with Gasteiger partial charge in [0.15, 0.2) is 11.6 Å². The fraction of sp³-hybridized carbons (Fsp3) is 0.211. The number of nitrogens with two attached hydrogens (primary N) is 1. The molecule has 0 saturated carbocycles. The number of benzene rings is 2. The molecule has 140 valence electrons. The number of hydrogen-bond acceptors (Lipinski definition) is 7. The van der Waals surface area contributed by atoms with Crippen LogP contribution in [0.4, 0.5) is 5.69 Å². The summed E-state index contributed by atoms with van der Waals surface area (Å²) in [6.07, 6.45) is 0.274. The molecular formula is C19H20N3O4P. The lowest BCUT2D eigenvalue weighted by Crippen LogP contribution is -2.22. The van der Waals surface area contributed by atoms with E-state index in [2.05, 4.69) is 9.84 Å². The van der Waals surface area contributed by atoms with E-state index in [0.29, 0.717) is 28.8 Å². The minimum absolute atomic E-state index is 0.0787. The molecular weight excluding hydrogens is 365 g/mol. The Hall–Kier alpha value is -2.62. The van der Waals surface area contributed by atoms with Crippen LogP contribution in [0.25, 0.3) is 0 Å². The molecule has 1 atom stereocenters. The molecule has 0 bridgehead atoms. The van der Waals surface area contributed by atoms with Crippen LogP contribution in [0.15, 0.2) is 42.5 Å². The Balaban J connectivity index is 0.000000279. The van der Waals surface area contributed by atoms with E-state index >= 15 is 0 Å². The van der Waals surface area contributed by atoms with Crippen LogP contribution in [-0.4, -0.2) is 29.6 Å². The SMILES string of the molecule is CCNc1cccc2c1C(=O)c1ccccc1C2=O.N#CCCOP(N)O. The molecule has 0 aliphatic heterocycles. The van der Waals surface area contributed by atoms with Crippen LogP contribution in [0.3, 0.4) is 0 Å². The van der Waals surface area contributed by atoms with Gasteiger partial charge in [0.05, 0.1) is 24.7 Å². The molecule has 1 aliphatic rings. The van der Waals surface area contributed by atoms with Gasteiger partial charge < -0.3 is 14.7 Å². The minimum Gasteiger partial charge on any atom is -0.385 e. The van der Waals surface area contributed by atoms with Crippen molar-refractivity contribution >= 4 is 25.8 Å². The van der Waals surface area contributed by atoms with E-state index < -0.39 is 8.53 Å². The summed E-state index contributed by atoms with van der Waals surface area (Å²) in [5.41, 5.74) is 7.52. The first-order chi connectivity index (χ1) is 13.0. The first-order valence-corrected chi connectivity index (χ1v) is 9.58. The van der Waals surface area contributed by atoms with Crippen LogP contribution in [0, 0.1) is 11.3 Å². The maximum atomic E-state index is 12.6. The quantitative estimate of drug-likeness (QED) is 0.455. The zero-order valence-corrected chi connectivity index (χ0v) is 15.7. The lowest BCUT2D eigenvalue weighted by molar-refractivity contribution is 0.0979. The topological polar surface area (TPSA) is 125 Å². The molecule has 1 unspecified atom stereocenters. The van der Waals surface area contributed by atoms with Gasteiger partial charge in [0.25, 0.3) is 0 Å². The van der Waals surface area contributed by atoms with Gasteiger partial charge in [-0.25, -0.2) is 0 Å². The summed E-state index contributed by atoms with van der Waals surface area (Å²) in [5.74, 6) is -0.160. The molecule has 27 heavy (non-hydrogen) atoms. The standard InChI is InChI=1S/C16H13NO2.C3H7N2O2P/c1-2-17-13-9-5-8-12-14(13)16(19)11-7-4-3-6-10(11)15(12)18;4-2-1-3-7-8(5)6/h3-9,17H,2H2,1H3;6H,1,3,5H2. The van der Waals surface area contributed by atoms with Crippen LogP contribution in [0.5, 0.6) is 0 Å². The number of fused-ring (bicyclic) bond motifs is 2. The second kappa shape index (κ2) is 9.91. The van der Waals surface area contributed by atoms with E-state index in [1.807, 2.05) is 19.1 Å². The maximum Gasteiger partial charge on any atom is 0.250 e. The summed E-state index contributed by atoms with van der Waals surface area (Å²) >= 11 is 0. The van der Waals surface area contributed by atoms with Gasteiger partial charge in [-0.15, -0.1) is 0 Å². The number of carbonyl (C=O) groups is 2. The Kier molecular flexibility index (Phi) is 7.59. The van der Waals surface area contributed by atoms with Gasteiger partial charge >= 0.3 is 0 Å². The molecule has 0 fully saturated rings. The Morgan fingerprint density at radius 3 is 2.33 bits per heavy atom. The number of carbonyl (C=O) groups excluding carboxylic acids is 2. The molecule has 0 spiro atoms. The zero-order valence-electron chi connectivity index (χ0n) is 14.8. The summed E-state index contributed by atoms with van der Waals surface area (Å²) in [4.78, 5) is 33.3. The molecule has 0 heterocycles. The van der Waals surface area contributed by atoms with Crippen molar-refractivity contribution in [2.75, 3.05) is 18.5 Å². The summed E-state index contributed by atoms with van der Waals surface area (Å²) in [7, 11) is -1.76. The first-order valence-electron chi connectivity index (χ1n) is 8.30. The van der Waals surface area contributed by atoms with E-state index in [1.165, 1.54) is 0 Å². The Bertz CT molecular complexity index is 877. The molecule has 7 nitrogen and oxygen atoms in total. The highest BCUT2D eigenvalue weighted by Crippen LogP contribution is 2.31. The van der Waals surface area contributed by atoms with E-state index in [9.17, 15) is 9.59 Å². The average molecular weight is 385 g/mol. The van der Waals surface area contributed by atoms with Gasteiger partial charge in [-0.2, -0.15) is 5.26 Å². The van der Waals surface area contributed by atoms with Crippen molar-refractivity contribution < 1.29 is 19.0 Å². The Labute approximate surface area is 158 Å². The maximum absolute atomic E-state index is 12.6. The lowest BCUT2D eigenvalue weighted by atomic mass is 9.83. The number of anilines is 1. The summed E-state index contributed by atoms with van der Waals surface area (Å²) in [5, 5.41) is 11.1. The van der Waals surface area contributed by atoms with Crippen molar-refractivity contribution in [2.24, 2.45) is 5.50 Å². The number of hydrogen-bond donors (Lipinski definition) is 3. The molecule has 8 heteroatoms. The third kappa shape index (κ3) is 4.97. The Morgan fingerprint density at radius 1 is 1.11 bits per heavy atom. The van der Waals surface area contributed by atoms with Gasteiger partial charge in [-0.1, -0.05) is 36.4 Å². The number of ketones is 2. The van der Waals surface area contributed by atoms with Crippen LogP contribution >= 0.6 is 8.53 Å². The number of rotatable bonds is 5. The molecule has 3 rings (SSSR count). The third-order valence-electron chi connectivity index (χ3n) is 3.76. The normalized spacial score (nSPS) is 12.8. The van der Waals surface area contributed by atoms with Gasteiger partial charge in [0.1, 0.15) is 0 Å². The summed E-state index contributed by atoms with van der Waals surface area (Å²) in [6, 6.07) is 14.2. The molecule has 2 aromatic carbocycles. The lowest BCUT2D eigenvalue weighted by Gasteiger charge is -2.20. The monoisotopic (exact) mass is 385 g/mol. The second-order valence-corrected chi connectivity index (χ2v) is 6.37. The smallest absolute Gasteiger partial charge is 0.250 e. The largest absolute Gasteiger partial charge is 0.385 e. The highest BCUT2D eigenvalue weighted by Gasteiger charge is 2.30. The second-order valence-electron chi connectivity index (χ2n) is 5.51.